The number of hydrogen-bond donors (Lipinski definition) is 3. The van der Waals surface area contributed by atoms with Gasteiger partial charge in [0.1, 0.15) is 5.82 Å². The molecule has 0 bridgehead atoms. The van der Waals surface area contributed by atoms with Crippen molar-refractivity contribution in [3.8, 4) is 0 Å². The molecule has 5 heteroatoms. The van der Waals surface area contributed by atoms with Gasteiger partial charge in [-0.1, -0.05) is 12.1 Å². The van der Waals surface area contributed by atoms with Crippen LogP contribution in [0.25, 0.3) is 0 Å². The first-order valence-electron chi connectivity index (χ1n) is 4.94. The number of hydrogen-bond acceptors (Lipinski definition) is 4. The van der Waals surface area contributed by atoms with Crippen molar-refractivity contribution in [2.24, 2.45) is 0 Å². The Balaban J connectivity index is 2.84. The second kappa shape index (κ2) is 6.20. The summed E-state index contributed by atoms with van der Waals surface area (Å²) in [7, 11) is 0. The highest BCUT2D eigenvalue weighted by molar-refractivity contribution is 7.99. The van der Waals surface area contributed by atoms with Gasteiger partial charge in [0.25, 0.3) is 0 Å². The molecule has 0 fully saturated rings. The molecule has 0 aliphatic carbocycles. The summed E-state index contributed by atoms with van der Waals surface area (Å²) in [6.45, 7) is 1.20. The molecule has 0 radical (unpaired) electrons. The van der Waals surface area contributed by atoms with Gasteiger partial charge in [-0.05, 0) is 18.6 Å². The van der Waals surface area contributed by atoms with E-state index in [0.717, 1.165) is 11.8 Å². The number of aliphatic hydroxyl groups excluding tert-OH is 3. The van der Waals surface area contributed by atoms with Crippen LogP contribution in [-0.4, -0.2) is 33.8 Å². The molecule has 3 N–H and O–H groups in total. The molecule has 0 aliphatic heterocycles. The molecule has 3 nitrogen and oxygen atoms in total. The van der Waals surface area contributed by atoms with E-state index in [0.29, 0.717) is 10.5 Å². The Bertz CT molecular complexity index is 344. The minimum absolute atomic E-state index is 0.192. The summed E-state index contributed by atoms with van der Waals surface area (Å²) in [5, 5.41) is 27.3. The van der Waals surface area contributed by atoms with Gasteiger partial charge in [-0.15, -0.1) is 11.8 Å². The van der Waals surface area contributed by atoms with E-state index in [4.69, 9.17) is 5.11 Å². The predicted molar refractivity (Wildman–Crippen MR) is 60.9 cm³/mol. The van der Waals surface area contributed by atoms with E-state index in [9.17, 15) is 14.6 Å². The molecule has 2 atom stereocenters. The lowest BCUT2D eigenvalue weighted by molar-refractivity contribution is 0.113. The van der Waals surface area contributed by atoms with Crippen molar-refractivity contribution in [3.63, 3.8) is 0 Å². The Morgan fingerprint density at radius 3 is 2.62 bits per heavy atom. The van der Waals surface area contributed by atoms with Crippen LogP contribution < -0.4 is 0 Å². The zero-order valence-electron chi connectivity index (χ0n) is 8.93. The largest absolute Gasteiger partial charge is 0.394 e. The third kappa shape index (κ3) is 3.45. The average Bonchev–Trinajstić information content (AvgIpc) is 2.26. The van der Waals surface area contributed by atoms with Crippen LogP contribution in [0, 0.1) is 5.82 Å². The second-order valence-electron chi connectivity index (χ2n) is 3.48. The number of halogens is 1. The number of rotatable bonds is 5. The van der Waals surface area contributed by atoms with Crippen LogP contribution in [0.3, 0.4) is 0 Å². The minimum atomic E-state index is -0.883. The van der Waals surface area contributed by atoms with Gasteiger partial charge >= 0.3 is 0 Å². The third-order valence-corrected chi connectivity index (χ3v) is 3.35. The molecule has 0 aliphatic rings. The first-order valence-corrected chi connectivity index (χ1v) is 5.93. The van der Waals surface area contributed by atoms with Gasteiger partial charge in [0.05, 0.1) is 18.8 Å². The monoisotopic (exact) mass is 246 g/mol. The summed E-state index contributed by atoms with van der Waals surface area (Å²) in [6, 6.07) is 4.48. The SMILES string of the molecule is C[C@H](O)c1cccc(F)c1SCC(O)CO. The zero-order chi connectivity index (χ0) is 12.1. The smallest absolute Gasteiger partial charge is 0.137 e. The minimum Gasteiger partial charge on any atom is -0.394 e. The standard InChI is InChI=1S/C11H15FO3S/c1-7(14)9-3-2-4-10(12)11(9)16-6-8(15)5-13/h2-4,7-8,13-15H,5-6H2,1H3/t7-,8?/m0/s1. The summed E-state index contributed by atoms with van der Waals surface area (Å²) >= 11 is 1.09. The molecule has 0 aromatic heterocycles. The van der Waals surface area contributed by atoms with Gasteiger partial charge in [-0.25, -0.2) is 4.39 Å². The normalized spacial score (nSPS) is 14.8. The quantitative estimate of drug-likeness (QED) is 0.686. The molecule has 1 aromatic carbocycles. The zero-order valence-corrected chi connectivity index (χ0v) is 9.75. The van der Waals surface area contributed by atoms with Crippen LogP contribution in [0.4, 0.5) is 4.39 Å². The van der Waals surface area contributed by atoms with Gasteiger partial charge in [0, 0.05) is 10.6 Å². The van der Waals surface area contributed by atoms with Crippen LogP contribution >= 0.6 is 11.8 Å². The van der Waals surface area contributed by atoms with E-state index < -0.39 is 18.0 Å². The summed E-state index contributed by atoms with van der Waals surface area (Å²) in [5.74, 6) is -0.231. The maximum absolute atomic E-state index is 13.5. The maximum Gasteiger partial charge on any atom is 0.137 e. The lowest BCUT2D eigenvalue weighted by Crippen LogP contribution is -2.15. The van der Waals surface area contributed by atoms with Crippen molar-refractivity contribution in [1.82, 2.24) is 0 Å². The van der Waals surface area contributed by atoms with E-state index in [1.807, 2.05) is 0 Å². The Morgan fingerprint density at radius 2 is 2.06 bits per heavy atom. The Morgan fingerprint density at radius 1 is 1.38 bits per heavy atom. The molecular weight excluding hydrogens is 231 g/mol. The third-order valence-electron chi connectivity index (χ3n) is 2.08. The number of benzene rings is 1. The van der Waals surface area contributed by atoms with Crippen molar-refractivity contribution >= 4 is 11.8 Å². The lowest BCUT2D eigenvalue weighted by atomic mass is 10.1. The molecule has 0 saturated heterocycles. The van der Waals surface area contributed by atoms with E-state index >= 15 is 0 Å². The molecule has 1 unspecified atom stereocenters. The highest BCUT2D eigenvalue weighted by Crippen LogP contribution is 2.30. The van der Waals surface area contributed by atoms with Crippen LogP contribution in [-0.2, 0) is 0 Å². The van der Waals surface area contributed by atoms with Crippen molar-refractivity contribution in [1.29, 1.82) is 0 Å². The van der Waals surface area contributed by atoms with Crippen molar-refractivity contribution in [3.05, 3.63) is 29.6 Å². The molecular formula is C11H15FO3S. The van der Waals surface area contributed by atoms with Crippen molar-refractivity contribution < 1.29 is 19.7 Å². The topological polar surface area (TPSA) is 60.7 Å². The van der Waals surface area contributed by atoms with Crippen LogP contribution in [0.15, 0.2) is 23.1 Å². The molecule has 90 valence electrons. The fourth-order valence-electron chi connectivity index (χ4n) is 1.24. The summed E-state index contributed by atoms with van der Waals surface area (Å²) in [5.41, 5.74) is 0.495. The fraction of sp³-hybridized carbons (Fsp3) is 0.455. The molecule has 1 aromatic rings. The van der Waals surface area contributed by atoms with E-state index in [1.54, 1.807) is 13.0 Å². The van der Waals surface area contributed by atoms with Crippen LogP contribution in [0.2, 0.25) is 0 Å². The van der Waals surface area contributed by atoms with Crippen molar-refractivity contribution in [2.45, 2.75) is 24.0 Å². The van der Waals surface area contributed by atoms with E-state index in [2.05, 4.69) is 0 Å². The van der Waals surface area contributed by atoms with Gasteiger partial charge in [-0.2, -0.15) is 0 Å². The van der Waals surface area contributed by atoms with Crippen molar-refractivity contribution in [2.75, 3.05) is 12.4 Å². The Hall–Kier alpha value is -0.620. The summed E-state index contributed by atoms with van der Waals surface area (Å²) < 4.78 is 13.5. The van der Waals surface area contributed by atoms with Crippen LogP contribution in [0.1, 0.15) is 18.6 Å². The Kier molecular flexibility index (Phi) is 5.21. The first kappa shape index (κ1) is 13.4. The Labute approximate surface area is 97.9 Å². The summed E-state index contributed by atoms with van der Waals surface area (Å²) in [4.78, 5) is 0.324. The van der Waals surface area contributed by atoms with E-state index in [-0.39, 0.29) is 12.4 Å². The van der Waals surface area contributed by atoms with Gasteiger partial charge < -0.3 is 15.3 Å². The average molecular weight is 246 g/mol. The molecule has 16 heavy (non-hydrogen) atoms. The molecule has 1 rings (SSSR count). The fourth-order valence-corrected chi connectivity index (χ4v) is 2.31. The maximum atomic E-state index is 13.5. The summed E-state index contributed by atoms with van der Waals surface area (Å²) in [6.07, 6.45) is -1.64. The van der Waals surface area contributed by atoms with Gasteiger partial charge in [0.15, 0.2) is 0 Å². The molecule has 0 spiro atoms. The van der Waals surface area contributed by atoms with Gasteiger partial charge in [0.2, 0.25) is 0 Å². The molecule has 0 saturated carbocycles. The highest BCUT2D eigenvalue weighted by Gasteiger charge is 2.14. The molecule has 0 amide bonds. The van der Waals surface area contributed by atoms with Crippen LogP contribution in [0.5, 0.6) is 0 Å². The molecule has 0 heterocycles. The van der Waals surface area contributed by atoms with E-state index in [1.165, 1.54) is 12.1 Å². The number of aliphatic hydroxyl groups is 3. The highest BCUT2D eigenvalue weighted by atomic mass is 32.2. The predicted octanol–water partition coefficient (Wildman–Crippen LogP) is 1.32. The van der Waals surface area contributed by atoms with Gasteiger partial charge in [-0.3, -0.25) is 0 Å². The second-order valence-corrected chi connectivity index (χ2v) is 4.51. The lowest BCUT2D eigenvalue weighted by Gasteiger charge is -2.13. The number of thioether (sulfide) groups is 1. The first-order chi connectivity index (χ1) is 7.56.